The molecule has 1 unspecified atom stereocenters. The van der Waals surface area contributed by atoms with Crippen LogP contribution < -0.4 is 4.74 Å². The average Bonchev–Trinajstić information content (AvgIpc) is 3.56. The van der Waals surface area contributed by atoms with Crippen molar-refractivity contribution in [3.63, 3.8) is 0 Å². The number of methoxy groups -OCH3 is 1. The molecule has 170 valence electrons. The first-order valence-electron chi connectivity index (χ1n) is 11.2. The maximum atomic E-state index is 13.2. The third kappa shape index (κ3) is 5.55. The Morgan fingerprint density at radius 2 is 2.22 bits per heavy atom. The van der Waals surface area contributed by atoms with Gasteiger partial charge in [0.15, 0.2) is 0 Å². The Bertz CT molecular complexity index is 1000. The van der Waals surface area contributed by atoms with E-state index in [1.807, 2.05) is 34.5 Å². The number of hydrogen-bond acceptors (Lipinski definition) is 7. The summed E-state index contributed by atoms with van der Waals surface area (Å²) in [5.41, 5.74) is 1.24. The van der Waals surface area contributed by atoms with E-state index in [1.54, 1.807) is 18.4 Å². The summed E-state index contributed by atoms with van der Waals surface area (Å²) in [6.07, 6.45) is 4.02. The number of benzene rings is 1. The summed E-state index contributed by atoms with van der Waals surface area (Å²) in [6.45, 7) is 4.46. The largest absolute Gasteiger partial charge is 0.497 e. The van der Waals surface area contributed by atoms with Crippen molar-refractivity contribution in [1.29, 1.82) is 0 Å². The Balaban J connectivity index is 1.38. The summed E-state index contributed by atoms with van der Waals surface area (Å²) in [6, 6.07) is 12.5. The van der Waals surface area contributed by atoms with E-state index in [1.165, 1.54) is 5.56 Å². The van der Waals surface area contributed by atoms with E-state index < -0.39 is 0 Å². The molecule has 2 aromatic heterocycles. The monoisotopic (exact) mass is 454 g/mol. The lowest BCUT2D eigenvalue weighted by Crippen LogP contribution is -2.42. The molecule has 1 fully saturated rings. The summed E-state index contributed by atoms with van der Waals surface area (Å²) < 4.78 is 11.2. The highest BCUT2D eigenvalue weighted by Gasteiger charge is 2.28. The zero-order valence-corrected chi connectivity index (χ0v) is 19.5. The number of carbonyl (C=O) groups excluding carboxylic acids is 1. The van der Waals surface area contributed by atoms with E-state index >= 15 is 0 Å². The van der Waals surface area contributed by atoms with E-state index in [0.717, 1.165) is 42.9 Å². The molecule has 3 aromatic rings. The molecule has 1 aliphatic rings. The fourth-order valence-electron chi connectivity index (χ4n) is 4.22. The molecule has 0 spiro atoms. The van der Waals surface area contributed by atoms with Crippen LogP contribution in [-0.2, 0) is 17.8 Å². The molecule has 0 N–H and O–H groups in total. The van der Waals surface area contributed by atoms with Crippen molar-refractivity contribution in [2.45, 2.75) is 45.2 Å². The van der Waals surface area contributed by atoms with Gasteiger partial charge in [-0.3, -0.25) is 9.69 Å². The predicted octanol–water partition coefficient (Wildman–Crippen LogP) is 4.25. The number of rotatable bonds is 10. The molecule has 0 bridgehead atoms. The number of thiophene rings is 1. The van der Waals surface area contributed by atoms with Gasteiger partial charge in [-0.1, -0.05) is 25.1 Å². The van der Waals surface area contributed by atoms with Crippen LogP contribution in [0.2, 0.25) is 0 Å². The lowest BCUT2D eigenvalue weighted by atomic mass is 10.0. The van der Waals surface area contributed by atoms with Crippen LogP contribution in [-0.4, -0.2) is 58.7 Å². The number of nitrogens with zero attached hydrogens (tertiary/aromatic N) is 4. The predicted molar refractivity (Wildman–Crippen MR) is 125 cm³/mol. The van der Waals surface area contributed by atoms with Crippen LogP contribution in [0.5, 0.6) is 5.75 Å². The van der Waals surface area contributed by atoms with Crippen molar-refractivity contribution in [3.05, 3.63) is 53.2 Å². The maximum Gasteiger partial charge on any atom is 0.257 e. The van der Waals surface area contributed by atoms with Gasteiger partial charge in [-0.15, -0.1) is 21.5 Å². The Morgan fingerprint density at radius 3 is 3.00 bits per heavy atom. The van der Waals surface area contributed by atoms with Gasteiger partial charge in [-0.05, 0) is 61.4 Å². The first-order chi connectivity index (χ1) is 15.7. The first-order valence-corrected chi connectivity index (χ1v) is 12.0. The molecule has 7 nitrogen and oxygen atoms in total. The van der Waals surface area contributed by atoms with E-state index in [9.17, 15) is 4.79 Å². The molecule has 32 heavy (non-hydrogen) atoms. The van der Waals surface area contributed by atoms with Crippen molar-refractivity contribution < 1.29 is 13.9 Å². The minimum Gasteiger partial charge on any atom is -0.497 e. The van der Waals surface area contributed by atoms with Gasteiger partial charge in [0, 0.05) is 12.6 Å². The van der Waals surface area contributed by atoms with E-state index in [2.05, 4.69) is 34.2 Å². The van der Waals surface area contributed by atoms with Gasteiger partial charge >= 0.3 is 0 Å². The van der Waals surface area contributed by atoms with Gasteiger partial charge in [-0.2, -0.15) is 0 Å². The van der Waals surface area contributed by atoms with Gasteiger partial charge in [-0.25, -0.2) is 0 Å². The molecule has 0 saturated carbocycles. The second-order valence-corrected chi connectivity index (χ2v) is 9.06. The highest BCUT2D eigenvalue weighted by molar-refractivity contribution is 7.13. The van der Waals surface area contributed by atoms with Gasteiger partial charge in [0.05, 0.1) is 25.1 Å². The average molecular weight is 455 g/mol. The van der Waals surface area contributed by atoms with Gasteiger partial charge < -0.3 is 14.1 Å². The number of ether oxygens (including phenoxy) is 1. The molecule has 1 saturated heterocycles. The molecule has 1 amide bonds. The second kappa shape index (κ2) is 10.7. The van der Waals surface area contributed by atoms with Crippen LogP contribution in [0.1, 0.15) is 37.6 Å². The Hall–Kier alpha value is -2.71. The minimum atomic E-state index is 0.111. The maximum absolute atomic E-state index is 13.2. The number of carbonyl (C=O) groups is 1. The fraction of sp³-hybridized carbons (Fsp3) is 0.458. The van der Waals surface area contributed by atoms with Crippen molar-refractivity contribution in [3.8, 4) is 16.5 Å². The van der Waals surface area contributed by atoms with Crippen molar-refractivity contribution in [1.82, 2.24) is 20.0 Å². The summed E-state index contributed by atoms with van der Waals surface area (Å²) in [5, 5.41) is 10.3. The van der Waals surface area contributed by atoms with Crippen molar-refractivity contribution in [2.75, 3.05) is 26.7 Å². The van der Waals surface area contributed by atoms with Crippen LogP contribution in [0.4, 0.5) is 0 Å². The molecule has 1 aliphatic heterocycles. The molecule has 0 aliphatic carbocycles. The third-order valence-corrected chi connectivity index (χ3v) is 6.67. The summed E-state index contributed by atoms with van der Waals surface area (Å²) in [7, 11) is 1.69. The van der Waals surface area contributed by atoms with Gasteiger partial charge in [0.25, 0.3) is 5.89 Å². The minimum absolute atomic E-state index is 0.111. The molecular weight excluding hydrogens is 424 g/mol. The number of amides is 1. The fourth-order valence-corrected chi connectivity index (χ4v) is 4.87. The standard InChI is InChI=1S/C24H30N4O3S/c1-3-11-28(16-22-25-26-24(31-22)21-10-6-13-32-21)23(29)17-27-12-5-8-19(27)14-18-7-4-9-20(15-18)30-2/h4,6-7,9-10,13,15,19H,3,5,8,11-12,14,16-17H2,1-2H3. The molecule has 1 aromatic carbocycles. The van der Waals surface area contributed by atoms with Crippen molar-refractivity contribution in [2.24, 2.45) is 0 Å². The highest BCUT2D eigenvalue weighted by Crippen LogP contribution is 2.25. The van der Waals surface area contributed by atoms with E-state index in [-0.39, 0.29) is 5.91 Å². The summed E-state index contributed by atoms with van der Waals surface area (Å²) in [4.78, 5) is 18.3. The van der Waals surface area contributed by atoms with Gasteiger partial charge in [0.2, 0.25) is 11.8 Å². The molecular formula is C24H30N4O3S. The van der Waals surface area contributed by atoms with E-state index in [4.69, 9.17) is 9.15 Å². The summed E-state index contributed by atoms with van der Waals surface area (Å²) in [5.74, 6) is 1.97. The van der Waals surface area contributed by atoms with Crippen LogP contribution in [0.15, 0.2) is 46.2 Å². The molecule has 0 radical (unpaired) electrons. The SMILES string of the molecule is CCCN(Cc1nnc(-c2cccs2)o1)C(=O)CN1CCCC1Cc1cccc(OC)c1. The highest BCUT2D eigenvalue weighted by atomic mass is 32.1. The van der Waals surface area contributed by atoms with Crippen molar-refractivity contribution >= 4 is 17.2 Å². The second-order valence-electron chi connectivity index (χ2n) is 8.12. The van der Waals surface area contributed by atoms with Gasteiger partial charge in [0.1, 0.15) is 5.75 Å². The lowest BCUT2D eigenvalue weighted by Gasteiger charge is -2.28. The quantitative estimate of drug-likeness (QED) is 0.456. The smallest absolute Gasteiger partial charge is 0.257 e. The topological polar surface area (TPSA) is 71.7 Å². The number of hydrogen-bond donors (Lipinski definition) is 0. The van der Waals surface area contributed by atoms with Crippen LogP contribution in [0, 0.1) is 0 Å². The van der Waals surface area contributed by atoms with E-state index in [0.29, 0.717) is 37.5 Å². The Labute approximate surface area is 193 Å². The van der Waals surface area contributed by atoms with Crippen LogP contribution >= 0.6 is 11.3 Å². The molecule has 1 atom stereocenters. The third-order valence-electron chi connectivity index (χ3n) is 5.81. The first kappa shape index (κ1) is 22.5. The zero-order chi connectivity index (χ0) is 22.3. The molecule has 8 heteroatoms. The Morgan fingerprint density at radius 1 is 1.31 bits per heavy atom. The zero-order valence-electron chi connectivity index (χ0n) is 18.7. The number of likely N-dealkylation sites (tertiary alicyclic amines) is 1. The van der Waals surface area contributed by atoms with Crippen LogP contribution in [0.25, 0.3) is 10.8 Å². The van der Waals surface area contributed by atoms with Crippen LogP contribution in [0.3, 0.4) is 0 Å². The molecule has 3 heterocycles. The Kier molecular flexibility index (Phi) is 7.55. The lowest BCUT2D eigenvalue weighted by molar-refractivity contribution is -0.133. The molecule has 4 rings (SSSR count). The normalized spacial score (nSPS) is 16.4. The number of aromatic nitrogens is 2. The summed E-state index contributed by atoms with van der Waals surface area (Å²) >= 11 is 1.56.